The van der Waals surface area contributed by atoms with E-state index in [0.29, 0.717) is 0 Å². The van der Waals surface area contributed by atoms with E-state index >= 15 is 0 Å². The zero-order valence-electron chi connectivity index (χ0n) is 42.7. The maximum absolute atomic E-state index is 3.06. The molecule has 0 aliphatic heterocycles. The van der Waals surface area contributed by atoms with Crippen molar-refractivity contribution in [3.05, 3.63) is 146 Å². The van der Waals surface area contributed by atoms with Crippen molar-refractivity contribution < 1.29 is 23.3 Å². The number of hydrogen-bond donors (Lipinski definition) is 0. The minimum atomic E-state index is 0. The van der Waals surface area contributed by atoms with Gasteiger partial charge in [-0.1, -0.05) is 110 Å². The molecule has 0 aromatic heterocycles. The fraction of sp³-hybridized carbons (Fsp3) is 0.515. The van der Waals surface area contributed by atoms with E-state index in [9.17, 15) is 0 Å². The number of halogens is 2. The van der Waals surface area contributed by atoms with Gasteiger partial charge in [0.2, 0.25) is 0 Å². The monoisotopic (exact) mass is 1060 g/mol. The average molecular weight is 1070 g/mol. The van der Waals surface area contributed by atoms with Gasteiger partial charge in [0, 0.05) is 0 Å². The molecule has 6 aromatic carbocycles. The van der Waals surface area contributed by atoms with Gasteiger partial charge < -0.3 is 14.9 Å². The van der Waals surface area contributed by atoms with Crippen LogP contribution < -0.4 is 0 Å². The van der Waals surface area contributed by atoms with Crippen LogP contribution in [0, 0.1) is 74.0 Å². The van der Waals surface area contributed by atoms with Gasteiger partial charge in [0.25, 0.3) is 0 Å². The van der Waals surface area contributed by atoms with Gasteiger partial charge in [-0.05, 0) is 196 Å². The quantitative estimate of drug-likeness (QED) is 0.105. The summed E-state index contributed by atoms with van der Waals surface area (Å²) >= 11 is 1.36. The molecule has 0 N–H and O–H groups in total. The van der Waals surface area contributed by atoms with Crippen molar-refractivity contribution in [2.75, 3.05) is 0 Å². The topological polar surface area (TPSA) is 0 Å². The van der Waals surface area contributed by atoms with E-state index in [0.717, 1.165) is 71.0 Å². The molecular formula is C66H82Cl2SiZr-4. The van der Waals surface area contributed by atoms with E-state index in [-0.39, 0.29) is 39.7 Å². The van der Waals surface area contributed by atoms with Crippen molar-refractivity contribution in [3.63, 3.8) is 0 Å². The van der Waals surface area contributed by atoms with Gasteiger partial charge in [0.05, 0.1) is 0 Å². The molecule has 4 heteroatoms. The van der Waals surface area contributed by atoms with Gasteiger partial charge >= 0.3 is 30.2 Å². The Labute approximate surface area is 453 Å². The summed E-state index contributed by atoms with van der Waals surface area (Å²) in [5.41, 5.74) is 12.0. The number of rotatable bonds is 8. The Morgan fingerprint density at radius 1 is 0.414 bits per heavy atom. The van der Waals surface area contributed by atoms with Gasteiger partial charge in [-0.3, -0.25) is 0 Å². The van der Waals surface area contributed by atoms with Gasteiger partial charge in [-0.25, -0.2) is 0 Å². The van der Waals surface area contributed by atoms with E-state index in [2.05, 4.69) is 116 Å². The Balaban J connectivity index is 0.000000172. The average Bonchev–Trinajstić information content (AvgIpc) is 3.99. The van der Waals surface area contributed by atoms with Gasteiger partial charge in [0.15, 0.2) is 0 Å². The molecule has 10 saturated carbocycles. The molecule has 70 heavy (non-hydrogen) atoms. The molecular weight excluding hydrogens is 983 g/mol. The summed E-state index contributed by atoms with van der Waals surface area (Å²) in [7, 11) is 0. The van der Waals surface area contributed by atoms with Crippen LogP contribution in [0.5, 0.6) is 0 Å². The van der Waals surface area contributed by atoms with E-state index < -0.39 is 0 Å². The molecule has 0 amide bonds. The van der Waals surface area contributed by atoms with Crippen LogP contribution in [0.1, 0.15) is 163 Å². The summed E-state index contributed by atoms with van der Waals surface area (Å²) in [4.78, 5) is 0. The Morgan fingerprint density at radius 3 is 1.07 bits per heavy atom. The zero-order chi connectivity index (χ0) is 44.1. The molecule has 6 aromatic rings. The molecule has 0 unspecified atom stereocenters. The van der Waals surface area contributed by atoms with Gasteiger partial charge in [-0.15, -0.1) is 93.9 Å². The molecule has 0 spiro atoms. The maximum atomic E-state index is 3.06. The second-order valence-electron chi connectivity index (χ2n) is 23.9. The summed E-state index contributed by atoms with van der Waals surface area (Å²) in [6.45, 7) is 3.06. The SMILES string of the molecule is Cl.Cl.[CH3-].[CH3-].[Si]=[Zr].c1cc(-c2ccc(C3CCCCC3)cc2)c2cc(CC3C4CC5CC(C4)CC3C5)[cH-]c2c1.c1cc(-c2ccc(C3CCCCC3)cc2)c2cc(CC3C4CC5CC(C4)CC3C5)[cH-]c2c1. The standard InChI is InChI=1S/2C32H37.2CH3.2ClH.Si.Zr/c2*1-2-5-24(6-3-1)25-9-11-26(12-10-25)30-8-4-7-27-14-23(20-32(27)30)19-31-28-15-21-13-22(17-28)18-29(31)16-21;;;;;;/h2*4,7-12,14,20-22,24,28-29,31H,1-3,5-6,13,15-19H2;2*1H3;2*1H;;/q4*-1;;;;. The Hall–Kier alpha value is -2.22. The van der Waals surface area contributed by atoms with E-state index in [1.165, 1.54) is 196 Å². The first kappa shape index (κ1) is 54.1. The molecule has 0 heterocycles. The van der Waals surface area contributed by atoms with Crippen LogP contribution in [0.25, 0.3) is 43.8 Å². The molecule has 10 fully saturated rings. The predicted octanol–water partition coefficient (Wildman–Crippen LogP) is 19.1. The van der Waals surface area contributed by atoms with E-state index in [4.69, 9.17) is 0 Å². The second kappa shape index (κ2) is 24.0. The summed E-state index contributed by atoms with van der Waals surface area (Å²) < 4.78 is 0. The molecule has 8 bridgehead atoms. The third-order valence-corrected chi connectivity index (χ3v) is 20.0. The maximum Gasteiger partial charge on any atom is -0.0162 e. The molecule has 16 rings (SSSR count). The fourth-order valence-electron chi connectivity index (χ4n) is 17.4. The van der Waals surface area contributed by atoms with Crippen molar-refractivity contribution in [2.45, 2.75) is 153 Å². The van der Waals surface area contributed by atoms with Crippen LogP contribution in [0.4, 0.5) is 0 Å². The summed E-state index contributed by atoms with van der Waals surface area (Å²) in [5, 5.41) is 5.82. The van der Waals surface area contributed by atoms with E-state index in [1.807, 2.05) is 0 Å². The van der Waals surface area contributed by atoms with Crippen molar-refractivity contribution in [1.29, 1.82) is 0 Å². The van der Waals surface area contributed by atoms with Crippen LogP contribution in [-0.4, -0.2) is 6.88 Å². The molecule has 0 saturated heterocycles. The number of benzene rings is 4. The Bertz CT molecular complexity index is 2350. The molecule has 10 aliphatic rings. The third kappa shape index (κ3) is 11.1. The molecule has 10 aliphatic carbocycles. The summed E-state index contributed by atoms with van der Waals surface area (Å²) in [6.07, 6.45) is 32.1. The normalized spacial score (nSPS) is 29.4. The van der Waals surface area contributed by atoms with Crippen LogP contribution >= 0.6 is 24.8 Å². The first-order chi connectivity index (χ1) is 32.6. The largest absolute Gasteiger partial charge is 0.164 e. The molecule has 372 valence electrons. The van der Waals surface area contributed by atoms with Crippen LogP contribution in [-0.2, 0) is 36.2 Å². The molecule has 2 radical (unpaired) electrons. The molecule has 0 nitrogen and oxygen atoms in total. The van der Waals surface area contributed by atoms with Crippen LogP contribution in [0.2, 0.25) is 0 Å². The Kier molecular flexibility index (Phi) is 18.5. The van der Waals surface area contributed by atoms with Crippen molar-refractivity contribution >= 4 is 53.2 Å². The minimum Gasteiger partial charge on any atom is -0.164 e. The van der Waals surface area contributed by atoms with E-state index in [1.54, 1.807) is 35.1 Å². The number of hydrogen-bond acceptors (Lipinski definition) is 0. The predicted molar refractivity (Wildman–Crippen MR) is 303 cm³/mol. The van der Waals surface area contributed by atoms with Crippen molar-refractivity contribution in [2.24, 2.45) is 59.2 Å². The van der Waals surface area contributed by atoms with Crippen molar-refractivity contribution in [3.8, 4) is 22.3 Å². The third-order valence-electron chi connectivity index (χ3n) is 20.0. The van der Waals surface area contributed by atoms with Crippen molar-refractivity contribution in [1.82, 2.24) is 0 Å². The number of fused-ring (bicyclic) bond motifs is 2. The smallest absolute Gasteiger partial charge is 0.0162 e. The minimum absolute atomic E-state index is 0. The van der Waals surface area contributed by atoms with Gasteiger partial charge in [-0.2, -0.15) is 12.1 Å². The van der Waals surface area contributed by atoms with Gasteiger partial charge in [0.1, 0.15) is 0 Å². The Morgan fingerprint density at radius 2 is 0.743 bits per heavy atom. The second-order valence-corrected chi connectivity index (χ2v) is 23.9. The van der Waals surface area contributed by atoms with Crippen LogP contribution in [0.3, 0.4) is 0 Å². The zero-order valence-corrected chi connectivity index (χ0v) is 47.8. The first-order valence-electron chi connectivity index (χ1n) is 27.4. The fourth-order valence-corrected chi connectivity index (χ4v) is 17.4. The summed E-state index contributed by atoms with van der Waals surface area (Å²) in [5.74, 6) is 11.9. The molecule has 0 atom stereocenters. The summed E-state index contributed by atoms with van der Waals surface area (Å²) in [6, 6.07) is 43.2. The van der Waals surface area contributed by atoms with Crippen LogP contribution in [0.15, 0.2) is 109 Å². The first-order valence-corrected chi connectivity index (χ1v) is 31.6.